The molecule has 1 aromatic rings. The molecule has 7 heteroatoms. The second-order valence-corrected chi connectivity index (χ2v) is 7.38. The largest absolute Gasteiger partial charge is 0.481 e. The van der Waals surface area contributed by atoms with Gasteiger partial charge in [0, 0.05) is 19.5 Å². The standard InChI is InChI=1S/C19H24F3NO3/c1-12(2)14-4-6-15(7-5-14)13(3)10-16(24)23-9-8-18(11-23,17(25)26)19(20,21)22/h4-7,12-13H,8-11H2,1-3H3,(H,25,26). The van der Waals surface area contributed by atoms with Crippen molar-refractivity contribution < 1.29 is 27.9 Å². The molecule has 2 unspecified atom stereocenters. The van der Waals surface area contributed by atoms with Crippen LogP contribution in [-0.2, 0) is 9.59 Å². The van der Waals surface area contributed by atoms with Gasteiger partial charge in [-0.1, -0.05) is 45.0 Å². The maximum absolute atomic E-state index is 13.2. The van der Waals surface area contributed by atoms with Crippen LogP contribution in [0.25, 0.3) is 0 Å². The third-order valence-electron chi connectivity index (χ3n) is 5.23. The summed E-state index contributed by atoms with van der Waals surface area (Å²) in [6, 6.07) is 7.81. The molecular weight excluding hydrogens is 347 g/mol. The van der Waals surface area contributed by atoms with Crippen molar-refractivity contribution in [1.82, 2.24) is 4.90 Å². The normalized spacial score (nSPS) is 21.9. The molecule has 4 nitrogen and oxygen atoms in total. The number of nitrogens with zero attached hydrogens (tertiary/aromatic N) is 1. The maximum atomic E-state index is 13.2. The van der Waals surface area contributed by atoms with Crippen LogP contribution in [0.3, 0.4) is 0 Å². The van der Waals surface area contributed by atoms with E-state index in [9.17, 15) is 22.8 Å². The molecule has 1 fully saturated rings. The van der Waals surface area contributed by atoms with Crippen LogP contribution in [0.1, 0.15) is 56.6 Å². The molecule has 1 aromatic carbocycles. The van der Waals surface area contributed by atoms with Crippen LogP contribution < -0.4 is 0 Å². The van der Waals surface area contributed by atoms with Crippen molar-refractivity contribution in [3.8, 4) is 0 Å². The molecule has 1 amide bonds. The molecule has 0 radical (unpaired) electrons. The summed E-state index contributed by atoms with van der Waals surface area (Å²) in [4.78, 5) is 24.6. The second kappa shape index (κ2) is 7.29. The van der Waals surface area contributed by atoms with Gasteiger partial charge in [0.1, 0.15) is 0 Å². The summed E-state index contributed by atoms with van der Waals surface area (Å²) < 4.78 is 39.6. The lowest BCUT2D eigenvalue weighted by Gasteiger charge is -2.27. The summed E-state index contributed by atoms with van der Waals surface area (Å²) in [5.41, 5.74) is -0.754. The Labute approximate surface area is 151 Å². The van der Waals surface area contributed by atoms with E-state index in [1.165, 1.54) is 5.56 Å². The number of carbonyl (C=O) groups excluding carboxylic acids is 1. The number of halogens is 3. The smallest absolute Gasteiger partial charge is 0.406 e. The first kappa shape index (κ1) is 20.3. The lowest BCUT2D eigenvalue weighted by molar-refractivity contribution is -0.227. The van der Waals surface area contributed by atoms with Gasteiger partial charge in [-0.25, -0.2) is 0 Å². The molecule has 2 rings (SSSR count). The van der Waals surface area contributed by atoms with Crippen molar-refractivity contribution in [3.63, 3.8) is 0 Å². The van der Waals surface area contributed by atoms with E-state index in [1.807, 2.05) is 31.2 Å². The third kappa shape index (κ3) is 3.86. The van der Waals surface area contributed by atoms with E-state index in [2.05, 4.69) is 13.8 Å². The Hall–Kier alpha value is -2.05. The average Bonchev–Trinajstić information content (AvgIpc) is 3.01. The average molecular weight is 371 g/mol. The fraction of sp³-hybridized carbons (Fsp3) is 0.579. The summed E-state index contributed by atoms with van der Waals surface area (Å²) in [6.07, 6.45) is -5.43. The highest BCUT2D eigenvalue weighted by Gasteiger charge is 2.64. The van der Waals surface area contributed by atoms with E-state index >= 15 is 0 Å². The molecule has 1 N–H and O–H groups in total. The van der Waals surface area contributed by atoms with Crippen molar-refractivity contribution in [2.75, 3.05) is 13.1 Å². The molecule has 1 aliphatic heterocycles. The van der Waals surface area contributed by atoms with E-state index in [1.54, 1.807) is 0 Å². The molecule has 0 saturated carbocycles. The van der Waals surface area contributed by atoms with E-state index in [0.29, 0.717) is 5.92 Å². The number of hydrogen-bond donors (Lipinski definition) is 1. The van der Waals surface area contributed by atoms with Crippen molar-refractivity contribution in [2.45, 2.75) is 51.6 Å². The van der Waals surface area contributed by atoms with Gasteiger partial charge in [0.2, 0.25) is 5.91 Å². The highest BCUT2D eigenvalue weighted by molar-refractivity contribution is 5.81. The Morgan fingerprint density at radius 1 is 1.15 bits per heavy atom. The van der Waals surface area contributed by atoms with Gasteiger partial charge in [0.15, 0.2) is 5.41 Å². The lowest BCUT2D eigenvalue weighted by Crippen LogP contribution is -2.47. The molecule has 0 spiro atoms. The summed E-state index contributed by atoms with van der Waals surface area (Å²) in [5, 5.41) is 9.07. The number of likely N-dealkylation sites (tertiary alicyclic amines) is 1. The molecule has 0 bridgehead atoms. The van der Waals surface area contributed by atoms with Crippen molar-refractivity contribution in [1.29, 1.82) is 0 Å². The van der Waals surface area contributed by atoms with E-state index in [-0.39, 0.29) is 18.9 Å². The Bertz CT molecular complexity index is 670. The number of rotatable bonds is 5. The minimum atomic E-state index is -4.88. The predicted molar refractivity (Wildman–Crippen MR) is 90.9 cm³/mol. The third-order valence-corrected chi connectivity index (χ3v) is 5.23. The molecule has 26 heavy (non-hydrogen) atoms. The number of amides is 1. The minimum Gasteiger partial charge on any atom is -0.481 e. The molecular formula is C19H24F3NO3. The van der Waals surface area contributed by atoms with Gasteiger partial charge >= 0.3 is 12.1 Å². The highest BCUT2D eigenvalue weighted by Crippen LogP contribution is 2.46. The highest BCUT2D eigenvalue weighted by atomic mass is 19.4. The number of alkyl halides is 3. The maximum Gasteiger partial charge on any atom is 0.406 e. The molecule has 144 valence electrons. The quantitative estimate of drug-likeness (QED) is 0.845. The monoisotopic (exact) mass is 371 g/mol. The fourth-order valence-corrected chi connectivity index (χ4v) is 3.27. The van der Waals surface area contributed by atoms with E-state index in [0.717, 1.165) is 10.5 Å². The molecule has 2 atom stereocenters. The van der Waals surface area contributed by atoms with Crippen molar-refractivity contribution >= 4 is 11.9 Å². The predicted octanol–water partition coefficient (Wildman–Crippen LogP) is 4.17. The van der Waals surface area contributed by atoms with Crippen LogP contribution in [0, 0.1) is 5.41 Å². The Kier molecular flexibility index (Phi) is 5.68. The summed E-state index contributed by atoms with van der Waals surface area (Å²) in [5.74, 6) is -2.14. The zero-order valence-corrected chi connectivity index (χ0v) is 15.1. The molecule has 1 heterocycles. The number of carboxylic acids is 1. The number of benzene rings is 1. The van der Waals surface area contributed by atoms with Crippen LogP contribution >= 0.6 is 0 Å². The van der Waals surface area contributed by atoms with Crippen molar-refractivity contribution in [3.05, 3.63) is 35.4 Å². The number of aliphatic carboxylic acids is 1. The Morgan fingerprint density at radius 3 is 2.12 bits per heavy atom. The number of hydrogen-bond acceptors (Lipinski definition) is 2. The van der Waals surface area contributed by atoms with Crippen molar-refractivity contribution in [2.24, 2.45) is 5.41 Å². The van der Waals surface area contributed by atoms with Gasteiger partial charge < -0.3 is 10.0 Å². The number of carboxylic acid groups (broad SMARTS) is 1. The van der Waals surface area contributed by atoms with E-state index in [4.69, 9.17) is 5.11 Å². The van der Waals surface area contributed by atoms with Gasteiger partial charge in [-0.05, 0) is 29.4 Å². The number of carbonyl (C=O) groups is 2. The summed E-state index contributed by atoms with van der Waals surface area (Å²) >= 11 is 0. The van der Waals surface area contributed by atoms with Crippen LogP contribution in [0.2, 0.25) is 0 Å². The molecule has 0 aliphatic carbocycles. The Morgan fingerprint density at radius 2 is 1.69 bits per heavy atom. The first-order chi connectivity index (χ1) is 12.0. The Balaban J connectivity index is 2.05. The molecule has 1 aliphatic rings. The lowest BCUT2D eigenvalue weighted by atomic mass is 9.86. The molecule has 1 saturated heterocycles. The fourth-order valence-electron chi connectivity index (χ4n) is 3.27. The zero-order chi connectivity index (χ0) is 19.7. The first-order valence-electron chi connectivity index (χ1n) is 8.65. The van der Waals surface area contributed by atoms with Crippen LogP contribution in [0.4, 0.5) is 13.2 Å². The minimum absolute atomic E-state index is 0.0502. The van der Waals surface area contributed by atoms with Gasteiger partial charge in [0.25, 0.3) is 0 Å². The summed E-state index contributed by atoms with van der Waals surface area (Å²) in [6.45, 7) is 4.98. The van der Waals surface area contributed by atoms with Gasteiger partial charge in [-0.15, -0.1) is 0 Å². The van der Waals surface area contributed by atoms with Crippen LogP contribution in [0.15, 0.2) is 24.3 Å². The van der Waals surface area contributed by atoms with Crippen LogP contribution in [0.5, 0.6) is 0 Å². The van der Waals surface area contributed by atoms with Gasteiger partial charge in [-0.2, -0.15) is 13.2 Å². The van der Waals surface area contributed by atoms with Gasteiger partial charge in [0.05, 0.1) is 0 Å². The molecule has 0 aromatic heterocycles. The zero-order valence-electron chi connectivity index (χ0n) is 15.1. The van der Waals surface area contributed by atoms with E-state index < -0.39 is 36.4 Å². The van der Waals surface area contributed by atoms with Gasteiger partial charge in [-0.3, -0.25) is 9.59 Å². The first-order valence-corrected chi connectivity index (χ1v) is 8.65. The van der Waals surface area contributed by atoms with Crippen LogP contribution in [-0.4, -0.2) is 41.1 Å². The SMILES string of the molecule is CC(C)c1ccc(C(C)CC(=O)N2CCC(C(=O)O)(C(F)(F)F)C2)cc1. The topological polar surface area (TPSA) is 57.6 Å². The summed E-state index contributed by atoms with van der Waals surface area (Å²) in [7, 11) is 0. The second-order valence-electron chi connectivity index (χ2n) is 7.38.